The van der Waals surface area contributed by atoms with E-state index in [0.29, 0.717) is 18.3 Å². The first-order valence-electron chi connectivity index (χ1n) is 8.09. The lowest BCUT2D eigenvalue weighted by atomic mass is 10.2. The third-order valence-corrected chi connectivity index (χ3v) is 3.91. The standard InChI is InChI=1S/C17H22N6O/c1-5-23(11-15-18-8-9-22(15)4)14-7-6-13(10-19-14)17-20-16(12(2)3)21-24-17/h6-10,12H,5,11H2,1-4H3. The van der Waals surface area contributed by atoms with E-state index >= 15 is 0 Å². The van der Waals surface area contributed by atoms with E-state index in [4.69, 9.17) is 4.52 Å². The van der Waals surface area contributed by atoms with Crippen LogP contribution in [0.25, 0.3) is 11.5 Å². The Morgan fingerprint density at radius 3 is 2.62 bits per heavy atom. The fourth-order valence-electron chi connectivity index (χ4n) is 2.36. The average molecular weight is 326 g/mol. The number of rotatable bonds is 6. The summed E-state index contributed by atoms with van der Waals surface area (Å²) in [5, 5.41) is 3.99. The van der Waals surface area contributed by atoms with Crippen LogP contribution in [0.1, 0.15) is 38.3 Å². The van der Waals surface area contributed by atoms with Crippen LogP contribution in [0, 0.1) is 0 Å². The first kappa shape index (κ1) is 16.2. The Balaban J connectivity index is 1.78. The number of hydrogen-bond donors (Lipinski definition) is 0. The van der Waals surface area contributed by atoms with Crippen molar-refractivity contribution in [1.82, 2.24) is 24.7 Å². The zero-order valence-corrected chi connectivity index (χ0v) is 14.5. The number of imidazole rings is 1. The molecule has 24 heavy (non-hydrogen) atoms. The minimum atomic E-state index is 0.239. The molecular formula is C17H22N6O. The van der Waals surface area contributed by atoms with Crippen molar-refractivity contribution in [3.63, 3.8) is 0 Å². The third kappa shape index (κ3) is 3.29. The van der Waals surface area contributed by atoms with Crippen LogP contribution in [0.3, 0.4) is 0 Å². The summed E-state index contributed by atoms with van der Waals surface area (Å²) >= 11 is 0. The van der Waals surface area contributed by atoms with E-state index in [2.05, 4.69) is 31.9 Å². The second-order valence-electron chi connectivity index (χ2n) is 5.99. The van der Waals surface area contributed by atoms with Crippen LogP contribution >= 0.6 is 0 Å². The molecule has 126 valence electrons. The number of aromatic nitrogens is 5. The highest BCUT2D eigenvalue weighted by Gasteiger charge is 2.14. The molecule has 0 spiro atoms. The molecule has 0 bridgehead atoms. The van der Waals surface area contributed by atoms with Gasteiger partial charge in [-0.2, -0.15) is 4.98 Å². The Morgan fingerprint density at radius 1 is 1.25 bits per heavy atom. The Morgan fingerprint density at radius 2 is 2.08 bits per heavy atom. The maximum Gasteiger partial charge on any atom is 0.259 e. The molecule has 0 saturated heterocycles. The van der Waals surface area contributed by atoms with Gasteiger partial charge >= 0.3 is 0 Å². The number of aryl methyl sites for hydroxylation is 1. The van der Waals surface area contributed by atoms with Crippen molar-refractivity contribution < 1.29 is 4.52 Å². The summed E-state index contributed by atoms with van der Waals surface area (Å²) in [6.07, 6.45) is 5.53. The maximum atomic E-state index is 5.31. The number of hydrogen-bond acceptors (Lipinski definition) is 6. The Kier molecular flexibility index (Phi) is 4.59. The van der Waals surface area contributed by atoms with Crippen LogP contribution < -0.4 is 4.90 Å². The van der Waals surface area contributed by atoms with Crippen LogP contribution in [-0.4, -0.2) is 31.2 Å². The van der Waals surface area contributed by atoms with Crippen molar-refractivity contribution in [3.8, 4) is 11.5 Å². The summed E-state index contributed by atoms with van der Waals surface area (Å²) in [6.45, 7) is 7.73. The van der Waals surface area contributed by atoms with Gasteiger partial charge in [-0.3, -0.25) is 0 Å². The summed E-state index contributed by atoms with van der Waals surface area (Å²) in [4.78, 5) is 15.5. The van der Waals surface area contributed by atoms with Crippen molar-refractivity contribution in [3.05, 3.63) is 42.4 Å². The molecule has 0 aliphatic carbocycles. The number of nitrogens with zero attached hydrogens (tertiary/aromatic N) is 6. The Hall–Kier alpha value is -2.70. The Bertz CT molecular complexity index is 790. The zero-order valence-electron chi connectivity index (χ0n) is 14.5. The number of pyridine rings is 1. The molecule has 0 aliphatic heterocycles. The fraction of sp³-hybridized carbons (Fsp3) is 0.412. The molecule has 0 unspecified atom stereocenters. The fourth-order valence-corrected chi connectivity index (χ4v) is 2.36. The van der Waals surface area contributed by atoms with Gasteiger partial charge in [-0.25, -0.2) is 9.97 Å². The third-order valence-electron chi connectivity index (χ3n) is 3.91. The highest BCUT2D eigenvalue weighted by molar-refractivity contribution is 5.54. The molecule has 3 aromatic heterocycles. The lowest BCUT2D eigenvalue weighted by molar-refractivity contribution is 0.419. The monoisotopic (exact) mass is 326 g/mol. The van der Waals surface area contributed by atoms with Crippen molar-refractivity contribution in [2.24, 2.45) is 7.05 Å². The van der Waals surface area contributed by atoms with Gasteiger partial charge < -0.3 is 14.0 Å². The topological polar surface area (TPSA) is 72.9 Å². The molecule has 0 amide bonds. The molecule has 3 rings (SSSR count). The lowest BCUT2D eigenvalue weighted by Crippen LogP contribution is -2.24. The van der Waals surface area contributed by atoms with E-state index in [1.54, 1.807) is 6.20 Å². The van der Waals surface area contributed by atoms with E-state index in [9.17, 15) is 0 Å². The SMILES string of the molecule is CCN(Cc1nccn1C)c1ccc(-c2nc(C(C)C)no2)cn1. The van der Waals surface area contributed by atoms with Crippen molar-refractivity contribution in [1.29, 1.82) is 0 Å². The van der Waals surface area contributed by atoms with E-state index in [1.807, 2.05) is 50.0 Å². The molecule has 0 aromatic carbocycles. The van der Waals surface area contributed by atoms with E-state index in [0.717, 1.165) is 23.8 Å². The van der Waals surface area contributed by atoms with Gasteiger partial charge in [-0.15, -0.1) is 0 Å². The average Bonchev–Trinajstić information content (AvgIpc) is 3.22. The van der Waals surface area contributed by atoms with E-state index in [1.165, 1.54) is 0 Å². The molecular weight excluding hydrogens is 304 g/mol. The first-order valence-corrected chi connectivity index (χ1v) is 8.09. The largest absolute Gasteiger partial charge is 0.349 e. The highest BCUT2D eigenvalue weighted by Crippen LogP contribution is 2.22. The van der Waals surface area contributed by atoms with E-state index in [-0.39, 0.29) is 5.92 Å². The van der Waals surface area contributed by atoms with Gasteiger partial charge in [0.05, 0.1) is 12.1 Å². The summed E-state index contributed by atoms with van der Waals surface area (Å²) in [5.41, 5.74) is 0.825. The van der Waals surface area contributed by atoms with Crippen LogP contribution in [0.2, 0.25) is 0 Å². The molecule has 7 heteroatoms. The number of anilines is 1. The first-order chi connectivity index (χ1) is 11.6. The van der Waals surface area contributed by atoms with Gasteiger partial charge in [0.15, 0.2) is 5.82 Å². The van der Waals surface area contributed by atoms with Gasteiger partial charge in [-0.05, 0) is 19.1 Å². The second-order valence-corrected chi connectivity index (χ2v) is 5.99. The molecule has 0 saturated carbocycles. The van der Waals surface area contributed by atoms with Crippen LogP contribution in [0.15, 0.2) is 35.2 Å². The molecule has 3 heterocycles. The van der Waals surface area contributed by atoms with Gasteiger partial charge in [0.1, 0.15) is 11.6 Å². The van der Waals surface area contributed by atoms with Gasteiger partial charge in [0.2, 0.25) is 0 Å². The minimum absolute atomic E-state index is 0.239. The van der Waals surface area contributed by atoms with Crippen molar-refractivity contribution >= 4 is 5.82 Å². The zero-order chi connectivity index (χ0) is 17.1. The highest BCUT2D eigenvalue weighted by atomic mass is 16.5. The minimum Gasteiger partial charge on any atom is -0.349 e. The smallest absolute Gasteiger partial charge is 0.259 e. The van der Waals surface area contributed by atoms with Crippen LogP contribution in [0.4, 0.5) is 5.82 Å². The quantitative estimate of drug-likeness (QED) is 0.693. The molecule has 0 N–H and O–H groups in total. The molecule has 0 radical (unpaired) electrons. The van der Waals surface area contributed by atoms with Crippen molar-refractivity contribution in [2.45, 2.75) is 33.2 Å². The summed E-state index contributed by atoms with van der Waals surface area (Å²) in [6, 6.07) is 3.93. The predicted molar refractivity (Wildman–Crippen MR) is 91.6 cm³/mol. The molecule has 0 atom stereocenters. The Labute approximate surface area is 141 Å². The molecule has 0 aliphatic rings. The lowest BCUT2D eigenvalue weighted by Gasteiger charge is -2.21. The van der Waals surface area contributed by atoms with Crippen molar-refractivity contribution in [2.75, 3.05) is 11.4 Å². The van der Waals surface area contributed by atoms with E-state index < -0.39 is 0 Å². The van der Waals surface area contributed by atoms with Gasteiger partial charge in [0.25, 0.3) is 5.89 Å². The normalized spacial score (nSPS) is 11.2. The molecule has 7 nitrogen and oxygen atoms in total. The van der Waals surface area contributed by atoms with Gasteiger partial charge in [0, 0.05) is 38.1 Å². The summed E-state index contributed by atoms with van der Waals surface area (Å²) in [5.74, 6) is 3.35. The predicted octanol–water partition coefficient (Wildman–Crippen LogP) is 3.02. The summed E-state index contributed by atoms with van der Waals surface area (Å²) < 4.78 is 7.33. The van der Waals surface area contributed by atoms with Crippen LogP contribution in [-0.2, 0) is 13.6 Å². The molecule has 3 aromatic rings. The maximum absolute atomic E-state index is 5.31. The summed E-state index contributed by atoms with van der Waals surface area (Å²) in [7, 11) is 1.99. The van der Waals surface area contributed by atoms with Crippen LogP contribution in [0.5, 0.6) is 0 Å². The molecule has 0 fully saturated rings. The van der Waals surface area contributed by atoms with Gasteiger partial charge in [-0.1, -0.05) is 19.0 Å². The second kappa shape index (κ2) is 6.82.